The molecule has 0 fully saturated rings. The first-order valence-corrected chi connectivity index (χ1v) is 9.70. The third-order valence-corrected chi connectivity index (χ3v) is 5.88. The van der Waals surface area contributed by atoms with Crippen molar-refractivity contribution in [2.75, 3.05) is 12.5 Å². The number of carboxylic acids is 1. The van der Waals surface area contributed by atoms with E-state index >= 15 is 0 Å². The molecule has 0 radical (unpaired) electrons. The van der Waals surface area contributed by atoms with Gasteiger partial charge in [-0.2, -0.15) is 0 Å². The number of halogens is 1. The number of hydrogen-bond donors (Lipinski definition) is 1. The van der Waals surface area contributed by atoms with Gasteiger partial charge in [0.1, 0.15) is 0 Å². The molecule has 7 heteroatoms. The van der Waals surface area contributed by atoms with Crippen molar-refractivity contribution in [3.8, 4) is 0 Å². The van der Waals surface area contributed by atoms with E-state index < -0.39 is 21.2 Å². The van der Waals surface area contributed by atoms with Crippen LogP contribution in [0.5, 0.6) is 0 Å². The second-order valence-electron chi connectivity index (χ2n) is 5.25. The standard InChI is InChI=1S/C13H17BrO4S2/c1-13(2,12(15)16)7-8-5-9(14)11(19-3)10(6-8)20(4,17)18/h5-6H,7H2,1-4H3,(H,15,16). The minimum Gasteiger partial charge on any atom is -0.481 e. The van der Waals surface area contributed by atoms with E-state index in [1.54, 1.807) is 32.2 Å². The molecule has 0 heterocycles. The van der Waals surface area contributed by atoms with Crippen molar-refractivity contribution >= 4 is 43.5 Å². The molecule has 1 aromatic rings. The van der Waals surface area contributed by atoms with Crippen LogP contribution in [0, 0.1) is 5.41 Å². The minimum atomic E-state index is -3.36. The third kappa shape index (κ3) is 3.99. The van der Waals surface area contributed by atoms with Crippen molar-refractivity contribution in [3.05, 3.63) is 22.2 Å². The Hall–Kier alpha value is -0.530. The maximum Gasteiger partial charge on any atom is 0.309 e. The number of aliphatic carboxylic acids is 1. The Morgan fingerprint density at radius 3 is 2.35 bits per heavy atom. The van der Waals surface area contributed by atoms with Crippen LogP contribution < -0.4 is 0 Å². The van der Waals surface area contributed by atoms with Crippen LogP contribution in [0.25, 0.3) is 0 Å². The van der Waals surface area contributed by atoms with Gasteiger partial charge in [0.25, 0.3) is 0 Å². The topological polar surface area (TPSA) is 71.4 Å². The molecule has 1 aromatic carbocycles. The molecule has 4 nitrogen and oxygen atoms in total. The molecule has 1 rings (SSSR count). The zero-order chi connectivity index (χ0) is 15.7. The minimum absolute atomic E-state index is 0.232. The molecule has 0 aliphatic carbocycles. The van der Waals surface area contributed by atoms with E-state index in [9.17, 15) is 13.2 Å². The van der Waals surface area contributed by atoms with Crippen molar-refractivity contribution in [1.29, 1.82) is 0 Å². The molecule has 1 N–H and O–H groups in total. The van der Waals surface area contributed by atoms with Gasteiger partial charge < -0.3 is 5.11 Å². The molecular formula is C13H17BrO4S2. The lowest BCUT2D eigenvalue weighted by atomic mass is 9.86. The molecule has 0 saturated heterocycles. The summed E-state index contributed by atoms with van der Waals surface area (Å²) >= 11 is 4.70. The zero-order valence-corrected chi connectivity index (χ0v) is 14.9. The monoisotopic (exact) mass is 380 g/mol. The van der Waals surface area contributed by atoms with E-state index in [0.717, 1.165) is 6.26 Å². The summed E-state index contributed by atoms with van der Waals surface area (Å²) in [4.78, 5) is 12.1. The lowest BCUT2D eigenvalue weighted by Crippen LogP contribution is -2.26. The zero-order valence-electron chi connectivity index (χ0n) is 11.7. The quantitative estimate of drug-likeness (QED) is 0.793. The predicted octanol–water partition coefficient (Wildman–Crippen LogP) is 3.23. The van der Waals surface area contributed by atoms with E-state index in [2.05, 4.69) is 15.9 Å². The first-order chi connectivity index (χ1) is 8.99. The van der Waals surface area contributed by atoms with Gasteiger partial charge in [0.15, 0.2) is 9.84 Å². The van der Waals surface area contributed by atoms with Gasteiger partial charge >= 0.3 is 5.97 Å². The maximum atomic E-state index is 11.9. The summed E-state index contributed by atoms with van der Waals surface area (Å²) in [5.74, 6) is -0.913. The average molecular weight is 381 g/mol. The number of sulfone groups is 1. The van der Waals surface area contributed by atoms with Gasteiger partial charge in [-0.3, -0.25) is 4.79 Å². The van der Waals surface area contributed by atoms with E-state index in [1.807, 2.05) is 0 Å². The summed E-state index contributed by atoms with van der Waals surface area (Å²) < 4.78 is 24.4. The fourth-order valence-corrected chi connectivity index (χ4v) is 4.94. The molecule has 0 aliphatic rings. The summed E-state index contributed by atoms with van der Waals surface area (Å²) in [6, 6.07) is 3.35. The fraction of sp³-hybridized carbons (Fsp3) is 0.462. The predicted molar refractivity (Wildman–Crippen MR) is 84.2 cm³/mol. The normalized spacial score (nSPS) is 12.4. The fourth-order valence-electron chi connectivity index (χ4n) is 1.78. The van der Waals surface area contributed by atoms with Gasteiger partial charge in [-0.15, -0.1) is 11.8 Å². The van der Waals surface area contributed by atoms with Crippen LogP contribution in [0.15, 0.2) is 26.4 Å². The third-order valence-electron chi connectivity index (χ3n) is 2.90. The van der Waals surface area contributed by atoms with Crippen LogP contribution in [0.3, 0.4) is 0 Å². The number of rotatable bonds is 5. The molecule has 112 valence electrons. The van der Waals surface area contributed by atoms with Gasteiger partial charge in [-0.05, 0) is 60.2 Å². The number of hydrogen-bond acceptors (Lipinski definition) is 4. The van der Waals surface area contributed by atoms with Gasteiger partial charge in [0, 0.05) is 15.6 Å². The van der Waals surface area contributed by atoms with Gasteiger partial charge in [-0.25, -0.2) is 8.42 Å². The molecule has 0 bridgehead atoms. The molecular weight excluding hydrogens is 364 g/mol. The lowest BCUT2D eigenvalue weighted by molar-refractivity contribution is -0.146. The number of carbonyl (C=O) groups is 1. The molecule has 0 spiro atoms. The Bertz CT molecular complexity index is 636. The molecule has 0 aromatic heterocycles. The van der Waals surface area contributed by atoms with Crippen molar-refractivity contribution in [1.82, 2.24) is 0 Å². The SMILES string of the molecule is CSc1c(Br)cc(CC(C)(C)C(=O)O)cc1S(C)(=O)=O. The highest BCUT2D eigenvalue weighted by Gasteiger charge is 2.28. The van der Waals surface area contributed by atoms with Crippen molar-refractivity contribution in [2.45, 2.75) is 30.1 Å². The molecule has 0 unspecified atom stereocenters. The van der Waals surface area contributed by atoms with Gasteiger partial charge in [-0.1, -0.05) is 0 Å². The highest BCUT2D eigenvalue weighted by atomic mass is 79.9. The Balaban J connectivity index is 3.40. The van der Waals surface area contributed by atoms with Crippen LogP contribution in [0.4, 0.5) is 0 Å². The second-order valence-corrected chi connectivity index (χ2v) is 8.90. The van der Waals surface area contributed by atoms with Crippen LogP contribution in [0.1, 0.15) is 19.4 Å². The number of thioether (sulfide) groups is 1. The van der Waals surface area contributed by atoms with E-state index in [1.165, 1.54) is 11.8 Å². The molecule has 0 amide bonds. The van der Waals surface area contributed by atoms with Crippen LogP contribution in [-0.2, 0) is 21.1 Å². The maximum absolute atomic E-state index is 11.9. The first-order valence-electron chi connectivity index (χ1n) is 5.79. The Kier molecular flexibility index (Phi) is 5.32. The number of benzene rings is 1. The highest BCUT2D eigenvalue weighted by Crippen LogP contribution is 2.35. The van der Waals surface area contributed by atoms with E-state index in [0.29, 0.717) is 14.9 Å². The van der Waals surface area contributed by atoms with E-state index in [-0.39, 0.29) is 11.3 Å². The summed E-state index contributed by atoms with van der Waals surface area (Å²) in [5.41, 5.74) is -0.266. The number of carboxylic acid groups (broad SMARTS) is 1. The Morgan fingerprint density at radius 1 is 1.40 bits per heavy atom. The lowest BCUT2D eigenvalue weighted by Gasteiger charge is -2.20. The van der Waals surface area contributed by atoms with Crippen molar-refractivity contribution < 1.29 is 18.3 Å². The van der Waals surface area contributed by atoms with E-state index in [4.69, 9.17) is 5.11 Å². The molecule has 0 saturated carbocycles. The van der Waals surface area contributed by atoms with Crippen LogP contribution in [-0.4, -0.2) is 32.0 Å². The Labute approximate surface area is 132 Å². The molecule has 0 aliphatic heterocycles. The molecule has 20 heavy (non-hydrogen) atoms. The summed E-state index contributed by atoms with van der Waals surface area (Å²) in [7, 11) is -3.36. The Morgan fingerprint density at radius 2 is 1.95 bits per heavy atom. The van der Waals surface area contributed by atoms with Crippen molar-refractivity contribution in [2.24, 2.45) is 5.41 Å². The van der Waals surface area contributed by atoms with Crippen LogP contribution >= 0.6 is 27.7 Å². The van der Waals surface area contributed by atoms with Gasteiger partial charge in [0.2, 0.25) is 0 Å². The largest absolute Gasteiger partial charge is 0.481 e. The summed E-state index contributed by atoms with van der Waals surface area (Å²) in [6.07, 6.45) is 3.22. The van der Waals surface area contributed by atoms with Crippen molar-refractivity contribution in [3.63, 3.8) is 0 Å². The smallest absolute Gasteiger partial charge is 0.309 e. The highest BCUT2D eigenvalue weighted by molar-refractivity contribution is 9.10. The molecule has 0 atom stereocenters. The average Bonchev–Trinajstić information content (AvgIpc) is 2.26. The summed E-state index contributed by atoms with van der Waals surface area (Å²) in [5, 5.41) is 9.17. The first kappa shape index (κ1) is 17.5. The van der Waals surface area contributed by atoms with Crippen LogP contribution in [0.2, 0.25) is 0 Å². The summed E-state index contributed by atoms with van der Waals surface area (Å²) in [6.45, 7) is 3.23. The second kappa shape index (κ2) is 6.07. The van der Waals surface area contributed by atoms with Gasteiger partial charge in [0.05, 0.1) is 10.3 Å².